The second-order valence-corrected chi connectivity index (χ2v) is 11.4. The second kappa shape index (κ2) is 7.48. The van der Waals surface area contributed by atoms with Gasteiger partial charge in [-0.05, 0) is 93.8 Å². The van der Waals surface area contributed by atoms with Crippen molar-refractivity contribution in [3.63, 3.8) is 0 Å². The third-order valence-corrected chi connectivity index (χ3v) is 9.46. The van der Waals surface area contributed by atoms with Crippen molar-refractivity contribution in [1.29, 1.82) is 0 Å². The maximum Gasteiger partial charge on any atom is 0.320 e. The fraction of sp³-hybridized carbons (Fsp3) is 0.880. The van der Waals surface area contributed by atoms with Gasteiger partial charge in [-0.15, -0.1) is 0 Å². The lowest BCUT2D eigenvalue weighted by molar-refractivity contribution is -0.188. The number of rotatable bonds is 5. The Hall–Kier alpha value is -1.59. The predicted molar refractivity (Wildman–Crippen MR) is 109 cm³/mol. The summed E-state index contributed by atoms with van der Waals surface area (Å²) in [5.41, 5.74) is 0. The molecule has 8 bridgehead atoms. The number of fused-ring (bicyclic) bond motifs is 1. The molecule has 0 spiro atoms. The maximum absolute atomic E-state index is 13.1. The molecule has 2 heterocycles. The van der Waals surface area contributed by atoms with Crippen LogP contribution in [-0.2, 0) is 28.6 Å². The lowest BCUT2D eigenvalue weighted by Gasteiger charge is -2.53. The van der Waals surface area contributed by atoms with Gasteiger partial charge < -0.3 is 14.2 Å². The fourth-order valence-electron chi connectivity index (χ4n) is 8.37. The number of esters is 3. The van der Waals surface area contributed by atoms with E-state index in [0.717, 1.165) is 37.5 Å². The zero-order valence-electron chi connectivity index (χ0n) is 18.4. The first-order chi connectivity index (χ1) is 15.0. The summed E-state index contributed by atoms with van der Waals surface area (Å²) in [7, 11) is 0. The van der Waals surface area contributed by atoms with Crippen LogP contribution in [0.2, 0.25) is 0 Å². The zero-order chi connectivity index (χ0) is 21.3. The van der Waals surface area contributed by atoms with Gasteiger partial charge in [-0.3, -0.25) is 14.4 Å². The first-order valence-corrected chi connectivity index (χ1v) is 12.6. The van der Waals surface area contributed by atoms with Gasteiger partial charge in [0.2, 0.25) is 0 Å². The first kappa shape index (κ1) is 20.0. The third-order valence-electron chi connectivity index (χ3n) is 9.46. The lowest BCUT2D eigenvalue weighted by atomic mass is 9.55. The van der Waals surface area contributed by atoms with Crippen molar-refractivity contribution < 1.29 is 28.6 Å². The van der Waals surface area contributed by atoms with Gasteiger partial charge in [0.15, 0.2) is 5.92 Å². The molecule has 8 rings (SSSR count). The van der Waals surface area contributed by atoms with Crippen molar-refractivity contribution in [3.8, 4) is 0 Å². The van der Waals surface area contributed by atoms with Gasteiger partial charge in [0.1, 0.15) is 18.3 Å². The van der Waals surface area contributed by atoms with E-state index in [2.05, 4.69) is 0 Å². The molecule has 6 saturated carbocycles. The van der Waals surface area contributed by atoms with E-state index in [1.807, 2.05) is 6.92 Å². The maximum atomic E-state index is 13.1. The lowest BCUT2D eigenvalue weighted by Crippen LogP contribution is -2.51. The van der Waals surface area contributed by atoms with Crippen LogP contribution in [0.3, 0.4) is 0 Å². The molecule has 0 N–H and O–H groups in total. The molecule has 6 aliphatic carbocycles. The highest BCUT2D eigenvalue weighted by molar-refractivity contribution is 5.95. The molecule has 8 aliphatic rings. The first-order valence-electron chi connectivity index (χ1n) is 12.6. The summed E-state index contributed by atoms with van der Waals surface area (Å²) in [5.74, 6) is 1.24. The molecule has 31 heavy (non-hydrogen) atoms. The van der Waals surface area contributed by atoms with Gasteiger partial charge in [-0.2, -0.15) is 0 Å². The number of carbonyl (C=O) groups excluding carboxylic acids is 3. The predicted octanol–water partition coefficient (Wildman–Crippen LogP) is 3.65. The summed E-state index contributed by atoms with van der Waals surface area (Å²) in [5, 5.41) is 0. The minimum Gasteiger partial charge on any atom is -0.461 e. The Bertz CT molecular complexity index is 748. The second-order valence-electron chi connectivity index (χ2n) is 11.4. The molecule has 170 valence electrons. The van der Waals surface area contributed by atoms with E-state index in [1.54, 1.807) is 0 Å². The number of carbonyl (C=O) groups is 3. The summed E-state index contributed by atoms with van der Waals surface area (Å²) >= 11 is 0. The minimum absolute atomic E-state index is 0.0209. The molecular weight excluding hydrogens is 396 g/mol. The molecule has 0 aromatic rings. The van der Waals surface area contributed by atoms with Crippen LogP contribution in [0.25, 0.3) is 0 Å². The van der Waals surface area contributed by atoms with Crippen molar-refractivity contribution >= 4 is 17.9 Å². The molecule has 0 aromatic heterocycles. The number of hydrogen-bond donors (Lipinski definition) is 0. The standard InChI is InChI=1S/C25H34O6/c1-2-19(24(27)30-21-15-4-12-3-13(6-15)7-16(21)5-12)25(28)31-22-17-8-14-9-18(11-17)23(26)29-20(22)10-14/h12-22H,2-11H2,1H3. The van der Waals surface area contributed by atoms with E-state index >= 15 is 0 Å². The van der Waals surface area contributed by atoms with Crippen LogP contribution in [0, 0.1) is 47.3 Å². The van der Waals surface area contributed by atoms with Crippen LogP contribution < -0.4 is 0 Å². The number of ether oxygens (including phenoxy) is 3. The SMILES string of the molecule is CCC(C(=O)OC1C2CC3CC(C2)CC1C3)C(=O)OC1C2CC3CC(C2)C(=O)OC1C3. The summed E-state index contributed by atoms with van der Waals surface area (Å²) in [4.78, 5) is 38.4. The average molecular weight is 431 g/mol. The highest BCUT2D eigenvalue weighted by Crippen LogP contribution is 2.55. The van der Waals surface area contributed by atoms with E-state index < -0.39 is 24.0 Å². The van der Waals surface area contributed by atoms with E-state index in [4.69, 9.17) is 14.2 Å². The Labute approximate surface area is 183 Å². The van der Waals surface area contributed by atoms with Gasteiger partial charge in [0, 0.05) is 5.92 Å². The van der Waals surface area contributed by atoms with Crippen LogP contribution in [0.4, 0.5) is 0 Å². The van der Waals surface area contributed by atoms with Crippen LogP contribution in [-0.4, -0.2) is 36.2 Å². The summed E-state index contributed by atoms with van der Waals surface area (Å²) in [6.07, 6.45) is 9.01. The normalized spacial score (nSPS) is 47.6. The highest BCUT2D eigenvalue weighted by atomic mass is 16.6. The van der Waals surface area contributed by atoms with Crippen LogP contribution in [0.15, 0.2) is 0 Å². The van der Waals surface area contributed by atoms with E-state index in [9.17, 15) is 14.4 Å². The summed E-state index contributed by atoms with van der Waals surface area (Å²) < 4.78 is 17.6. The van der Waals surface area contributed by atoms with Gasteiger partial charge >= 0.3 is 17.9 Å². The van der Waals surface area contributed by atoms with Crippen molar-refractivity contribution in [2.75, 3.05) is 0 Å². The molecular formula is C25H34O6. The molecule has 2 saturated heterocycles. The topological polar surface area (TPSA) is 78.9 Å². The fourth-order valence-corrected chi connectivity index (χ4v) is 8.37. The molecule has 6 heteroatoms. The van der Waals surface area contributed by atoms with Gasteiger partial charge in [0.05, 0.1) is 5.92 Å². The monoisotopic (exact) mass is 430 g/mol. The molecule has 6 atom stereocenters. The largest absolute Gasteiger partial charge is 0.461 e. The molecule has 0 aromatic carbocycles. The quantitative estimate of drug-likeness (QED) is 0.376. The van der Waals surface area contributed by atoms with Crippen molar-refractivity contribution in [1.82, 2.24) is 0 Å². The minimum atomic E-state index is -0.883. The van der Waals surface area contributed by atoms with E-state index in [0.29, 0.717) is 24.2 Å². The van der Waals surface area contributed by atoms with Crippen LogP contribution in [0.1, 0.15) is 71.1 Å². The van der Waals surface area contributed by atoms with Crippen LogP contribution >= 0.6 is 0 Å². The van der Waals surface area contributed by atoms with Crippen molar-refractivity contribution in [2.45, 2.75) is 89.4 Å². The molecule has 0 amide bonds. The van der Waals surface area contributed by atoms with Crippen molar-refractivity contribution in [2.24, 2.45) is 47.3 Å². The van der Waals surface area contributed by atoms with Gasteiger partial charge in [-0.1, -0.05) is 6.92 Å². The summed E-state index contributed by atoms with van der Waals surface area (Å²) in [6.45, 7) is 1.84. The van der Waals surface area contributed by atoms with Crippen LogP contribution in [0.5, 0.6) is 0 Å². The Morgan fingerprint density at radius 1 is 0.806 bits per heavy atom. The van der Waals surface area contributed by atoms with E-state index in [-0.39, 0.29) is 30.0 Å². The average Bonchev–Trinajstić information content (AvgIpc) is 2.88. The zero-order valence-corrected chi connectivity index (χ0v) is 18.4. The Balaban J connectivity index is 1.12. The summed E-state index contributed by atoms with van der Waals surface area (Å²) in [6, 6.07) is 0. The molecule has 0 radical (unpaired) electrons. The molecule has 8 fully saturated rings. The number of hydrogen-bond acceptors (Lipinski definition) is 6. The van der Waals surface area contributed by atoms with Gasteiger partial charge in [0.25, 0.3) is 0 Å². The van der Waals surface area contributed by atoms with Gasteiger partial charge in [-0.25, -0.2) is 0 Å². The molecule has 6 unspecified atom stereocenters. The Morgan fingerprint density at radius 2 is 1.35 bits per heavy atom. The van der Waals surface area contributed by atoms with Crippen molar-refractivity contribution in [3.05, 3.63) is 0 Å². The van der Waals surface area contributed by atoms with E-state index in [1.165, 1.54) is 32.1 Å². The highest BCUT2D eigenvalue weighted by Gasteiger charge is 2.53. The molecule has 6 nitrogen and oxygen atoms in total. The Kier molecular flexibility index (Phi) is 4.84. The third kappa shape index (κ3) is 3.39. The Morgan fingerprint density at radius 3 is 1.97 bits per heavy atom. The smallest absolute Gasteiger partial charge is 0.320 e. The molecule has 2 aliphatic heterocycles.